The van der Waals surface area contributed by atoms with Gasteiger partial charge in [0, 0.05) is 17.8 Å². The molecular formula is C18H17Cl2N3O2. The number of likely N-dealkylation sites (tertiary alicyclic amines) is 1. The lowest BCUT2D eigenvalue weighted by Crippen LogP contribution is -2.43. The number of hydrogen-bond donors (Lipinski definition) is 1. The van der Waals surface area contributed by atoms with Crippen molar-refractivity contribution in [3.8, 4) is 0 Å². The van der Waals surface area contributed by atoms with E-state index in [1.165, 1.54) is 6.07 Å². The highest BCUT2D eigenvalue weighted by Gasteiger charge is 2.35. The molecule has 1 aromatic carbocycles. The molecule has 1 N–H and O–H groups in total. The second kappa shape index (κ2) is 7.42. The first-order valence-electron chi connectivity index (χ1n) is 7.95. The van der Waals surface area contributed by atoms with Gasteiger partial charge in [-0.25, -0.2) is 4.98 Å². The van der Waals surface area contributed by atoms with E-state index >= 15 is 0 Å². The Kier molecular flexibility index (Phi) is 5.25. The summed E-state index contributed by atoms with van der Waals surface area (Å²) in [7, 11) is 0. The molecule has 0 saturated carbocycles. The van der Waals surface area contributed by atoms with Gasteiger partial charge in [0.1, 0.15) is 11.9 Å². The van der Waals surface area contributed by atoms with Crippen LogP contribution in [0.3, 0.4) is 0 Å². The number of anilines is 1. The summed E-state index contributed by atoms with van der Waals surface area (Å²) in [6, 6.07) is 7.82. The number of carbonyl (C=O) groups is 2. The van der Waals surface area contributed by atoms with Crippen molar-refractivity contribution in [2.75, 3.05) is 11.9 Å². The molecule has 2 aromatic rings. The van der Waals surface area contributed by atoms with Crippen LogP contribution in [0.2, 0.25) is 10.0 Å². The zero-order chi connectivity index (χ0) is 18.0. The fraction of sp³-hybridized carbons (Fsp3) is 0.278. The van der Waals surface area contributed by atoms with Gasteiger partial charge in [-0.15, -0.1) is 0 Å². The highest BCUT2D eigenvalue weighted by atomic mass is 35.5. The summed E-state index contributed by atoms with van der Waals surface area (Å²) in [4.78, 5) is 31.1. The lowest BCUT2D eigenvalue weighted by atomic mass is 10.1. The molecule has 0 radical (unpaired) electrons. The number of aryl methyl sites for hydroxylation is 1. The third-order valence-corrected chi connectivity index (χ3v) is 4.71. The number of hydrogen-bond acceptors (Lipinski definition) is 3. The van der Waals surface area contributed by atoms with Crippen LogP contribution in [-0.4, -0.2) is 34.3 Å². The number of nitrogens with one attached hydrogen (secondary N) is 1. The van der Waals surface area contributed by atoms with E-state index < -0.39 is 6.04 Å². The van der Waals surface area contributed by atoms with E-state index in [4.69, 9.17) is 23.2 Å². The molecule has 2 heterocycles. The summed E-state index contributed by atoms with van der Waals surface area (Å²) < 4.78 is 0. The Labute approximate surface area is 155 Å². The van der Waals surface area contributed by atoms with Crippen molar-refractivity contribution in [2.24, 2.45) is 0 Å². The molecule has 0 bridgehead atoms. The third-order valence-electron chi connectivity index (χ3n) is 4.14. The van der Waals surface area contributed by atoms with Gasteiger partial charge >= 0.3 is 0 Å². The molecule has 1 atom stereocenters. The molecule has 5 nitrogen and oxygen atoms in total. The number of aromatic nitrogens is 1. The smallest absolute Gasteiger partial charge is 0.256 e. The zero-order valence-electron chi connectivity index (χ0n) is 13.6. The third kappa shape index (κ3) is 3.94. The van der Waals surface area contributed by atoms with E-state index in [9.17, 15) is 9.59 Å². The Morgan fingerprint density at radius 2 is 2.04 bits per heavy atom. The number of halogens is 2. The van der Waals surface area contributed by atoms with Crippen molar-refractivity contribution in [2.45, 2.75) is 25.8 Å². The van der Waals surface area contributed by atoms with Gasteiger partial charge in [0.15, 0.2) is 0 Å². The lowest BCUT2D eigenvalue weighted by molar-refractivity contribution is -0.119. The molecule has 1 aliphatic heterocycles. The van der Waals surface area contributed by atoms with E-state index in [-0.39, 0.29) is 11.8 Å². The molecule has 3 rings (SSSR count). The Balaban J connectivity index is 1.79. The zero-order valence-corrected chi connectivity index (χ0v) is 15.1. The molecule has 1 fully saturated rings. The Morgan fingerprint density at radius 3 is 2.80 bits per heavy atom. The molecule has 25 heavy (non-hydrogen) atoms. The van der Waals surface area contributed by atoms with Gasteiger partial charge in [0.2, 0.25) is 5.91 Å². The number of rotatable bonds is 3. The Morgan fingerprint density at radius 1 is 1.24 bits per heavy atom. The highest BCUT2D eigenvalue weighted by molar-refractivity contribution is 6.35. The normalized spacial score (nSPS) is 16.8. The van der Waals surface area contributed by atoms with Crippen molar-refractivity contribution in [3.63, 3.8) is 0 Å². The van der Waals surface area contributed by atoms with Crippen LogP contribution in [0.1, 0.15) is 28.8 Å². The standard InChI is InChI=1S/C18H17Cl2N3O2/c1-11-6-7-21-16(9-11)22-17(24)15-3-2-8-23(15)18(25)13-10-12(19)4-5-14(13)20/h4-7,9-10,15H,2-3,8H2,1H3,(H,21,22,24)/t15-/m1/s1. The lowest BCUT2D eigenvalue weighted by Gasteiger charge is -2.24. The number of benzene rings is 1. The van der Waals surface area contributed by atoms with E-state index in [2.05, 4.69) is 10.3 Å². The molecular weight excluding hydrogens is 361 g/mol. The summed E-state index contributed by atoms with van der Waals surface area (Å²) >= 11 is 12.1. The minimum absolute atomic E-state index is 0.248. The van der Waals surface area contributed by atoms with E-state index in [0.717, 1.165) is 12.0 Å². The first-order chi connectivity index (χ1) is 12.0. The molecule has 1 saturated heterocycles. The predicted molar refractivity (Wildman–Crippen MR) is 98.1 cm³/mol. The summed E-state index contributed by atoms with van der Waals surface area (Å²) in [5.41, 5.74) is 1.30. The molecule has 1 aliphatic rings. The van der Waals surface area contributed by atoms with Crippen molar-refractivity contribution >= 4 is 40.8 Å². The Bertz CT molecular complexity index is 826. The maximum atomic E-state index is 12.8. The summed E-state index contributed by atoms with van der Waals surface area (Å²) in [6.45, 7) is 2.42. The maximum absolute atomic E-state index is 12.8. The molecule has 7 heteroatoms. The van der Waals surface area contributed by atoms with Crippen LogP contribution < -0.4 is 5.32 Å². The van der Waals surface area contributed by atoms with Gasteiger partial charge in [-0.3, -0.25) is 9.59 Å². The van der Waals surface area contributed by atoms with Crippen LogP contribution in [0.15, 0.2) is 36.5 Å². The number of amides is 2. The molecule has 1 aromatic heterocycles. The van der Waals surface area contributed by atoms with Gasteiger partial charge in [0.05, 0.1) is 10.6 Å². The first kappa shape index (κ1) is 17.7. The van der Waals surface area contributed by atoms with Gasteiger partial charge in [-0.05, 0) is 55.7 Å². The van der Waals surface area contributed by atoms with Crippen molar-refractivity contribution < 1.29 is 9.59 Å². The number of nitrogens with zero attached hydrogens (tertiary/aromatic N) is 2. The van der Waals surface area contributed by atoms with Gasteiger partial charge in [-0.2, -0.15) is 0 Å². The second-order valence-corrected chi connectivity index (χ2v) is 6.83. The Hall–Kier alpha value is -2.11. The van der Waals surface area contributed by atoms with Crippen molar-refractivity contribution in [1.29, 1.82) is 0 Å². The minimum Gasteiger partial charge on any atom is -0.327 e. The molecule has 2 amide bonds. The van der Waals surface area contributed by atoms with E-state index in [1.807, 2.05) is 13.0 Å². The van der Waals surface area contributed by atoms with Crippen LogP contribution in [0.25, 0.3) is 0 Å². The van der Waals surface area contributed by atoms with Gasteiger partial charge in [0.25, 0.3) is 5.91 Å². The molecule has 0 spiro atoms. The molecule has 130 valence electrons. The first-order valence-corrected chi connectivity index (χ1v) is 8.71. The van der Waals surface area contributed by atoms with Crippen LogP contribution >= 0.6 is 23.2 Å². The maximum Gasteiger partial charge on any atom is 0.256 e. The van der Waals surface area contributed by atoms with Gasteiger partial charge in [-0.1, -0.05) is 23.2 Å². The second-order valence-electron chi connectivity index (χ2n) is 5.99. The molecule has 0 unspecified atom stereocenters. The van der Waals surface area contributed by atoms with Gasteiger partial charge < -0.3 is 10.2 Å². The van der Waals surface area contributed by atoms with E-state index in [1.54, 1.807) is 29.3 Å². The van der Waals surface area contributed by atoms with Crippen LogP contribution in [0, 0.1) is 6.92 Å². The quantitative estimate of drug-likeness (QED) is 0.880. The summed E-state index contributed by atoms with van der Waals surface area (Å²) in [5.74, 6) is -0.0606. The highest BCUT2D eigenvalue weighted by Crippen LogP contribution is 2.26. The van der Waals surface area contributed by atoms with Crippen LogP contribution in [0.4, 0.5) is 5.82 Å². The largest absolute Gasteiger partial charge is 0.327 e. The van der Waals surface area contributed by atoms with E-state index in [0.29, 0.717) is 34.4 Å². The van der Waals surface area contributed by atoms with Crippen molar-refractivity contribution in [1.82, 2.24) is 9.88 Å². The number of carbonyl (C=O) groups excluding carboxylic acids is 2. The minimum atomic E-state index is -0.551. The fourth-order valence-electron chi connectivity index (χ4n) is 2.91. The fourth-order valence-corrected chi connectivity index (χ4v) is 3.28. The average Bonchev–Trinajstić information content (AvgIpc) is 3.06. The SMILES string of the molecule is Cc1ccnc(NC(=O)[C@H]2CCCN2C(=O)c2cc(Cl)ccc2Cl)c1. The summed E-state index contributed by atoms with van der Waals surface area (Å²) in [5, 5.41) is 3.53. The van der Waals surface area contributed by atoms with Crippen molar-refractivity contribution in [3.05, 3.63) is 57.7 Å². The monoisotopic (exact) mass is 377 g/mol. The van der Waals surface area contributed by atoms with Crippen LogP contribution in [-0.2, 0) is 4.79 Å². The number of pyridine rings is 1. The topological polar surface area (TPSA) is 62.3 Å². The average molecular weight is 378 g/mol. The molecule has 0 aliphatic carbocycles. The predicted octanol–water partition coefficient (Wildman–Crippen LogP) is 3.94. The van der Waals surface area contributed by atoms with Crippen LogP contribution in [0.5, 0.6) is 0 Å². The summed E-state index contributed by atoms with van der Waals surface area (Å²) in [6.07, 6.45) is 2.99.